The van der Waals surface area contributed by atoms with Gasteiger partial charge in [-0.25, -0.2) is 8.42 Å². The smallest absolute Gasteiger partial charge is 0.221 e. The Morgan fingerprint density at radius 3 is 2.30 bits per heavy atom. The molecule has 6 heteroatoms. The second-order valence-electron chi connectivity index (χ2n) is 5.87. The van der Waals surface area contributed by atoms with Gasteiger partial charge in [-0.1, -0.05) is 26.7 Å². The molecule has 20 heavy (non-hydrogen) atoms. The Kier molecular flexibility index (Phi) is 6.45. The van der Waals surface area contributed by atoms with Crippen molar-refractivity contribution in [3.8, 4) is 0 Å². The van der Waals surface area contributed by atoms with E-state index in [4.69, 9.17) is 5.73 Å². The van der Waals surface area contributed by atoms with E-state index in [9.17, 15) is 13.2 Å². The van der Waals surface area contributed by atoms with E-state index < -0.39 is 9.84 Å². The molecule has 0 radical (unpaired) electrons. The molecule has 0 aromatic carbocycles. The molecule has 1 fully saturated rings. The van der Waals surface area contributed by atoms with E-state index in [0.29, 0.717) is 6.54 Å². The van der Waals surface area contributed by atoms with E-state index in [1.165, 1.54) is 0 Å². The summed E-state index contributed by atoms with van der Waals surface area (Å²) in [5, 5.41) is 2.53. The van der Waals surface area contributed by atoms with Crippen molar-refractivity contribution in [3.05, 3.63) is 0 Å². The normalized spacial score (nSPS) is 17.4. The van der Waals surface area contributed by atoms with Gasteiger partial charge in [0.2, 0.25) is 5.91 Å². The largest absolute Gasteiger partial charge is 0.354 e. The average Bonchev–Trinajstić information content (AvgIpc) is 2.97. The number of nitrogens with two attached hydrogens (primary N) is 1. The van der Waals surface area contributed by atoms with E-state index in [-0.39, 0.29) is 28.9 Å². The monoisotopic (exact) mass is 304 g/mol. The van der Waals surface area contributed by atoms with Gasteiger partial charge in [-0.05, 0) is 25.7 Å². The molecular weight excluding hydrogens is 276 g/mol. The molecular formula is C14H28N2O3S. The summed E-state index contributed by atoms with van der Waals surface area (Å²) in [6.45, 7) is 4.38. The fraction of sp³-hybridized carbons (Fsp3) is 0.929. The molecule has 0 aliphatic heterocycles. The van der Waals surface area contributed by atoms with E-state index >= 15 is 0 Å². The van der Waals surface area contributed by atoms with Crippen LogP contribution in [0.4, 0.5) is 0 Å². The van der Waals surface area contributed by atoms with Crippen LogP contribution in [0.25, 0.3) is 0 Å². The highest BCUT2D eigenvalue weighted by Crippen LogP contribution is 2.25. The number of sulfone groups is 1. The van der Waals surface area contributed by atoms with Crippen molar-refractivity contribution in [1.29, 1.82) is 0 Å². The maximum atomic E-state index is 12.0. The lowest BCUT2D eigenvalue weighted by molar-refractivity contribution is -0.121. The zero-order chi connectivity index (χ0) is 15.2. The van der Waals surface area contributed by atoms with E-state index in [1.807, 2.05) is 13.8 Å². The number of rotatable bonds is 8. The van der Waals surface area contributed by atoms with Gasteiger partial charge in [-0.2, -0.15) is 0 Å². The highest BCUT2D eigenvalue weighted by Gasteiger charge is 2.29. The maximum Gasteiger partial charge on any atom is 0.221 e. The lowest BCUT2D eigenvalue weighted by Gasteiger charge is -2.26. The van der Waals surface area contributed by atoms with Crippen LogP contribution >= 0.6 is 0 Å². The summed E-state index contributed by atoms with van der Waals surface area (Å²) in [7, 11) is -3.11. The molecule has 0 saturated heterocycles. The van der Waals surface area contributed by atoms with Gasteiger partial charge in [-0.3, -0.25) is 4.79 Å². The molecule has 118 valence electrons. The van der Waals surface area contributed by atoms with Crippen LogP contribution in [0.1, 0.15) is 58.8 Å². The van der Waals surface area contributed by atoms with Gasteiger partial charge in [0.05, 0.1) is 11.0 Å². The molecule has 5 nitrogen and oxygen atoms in total. The molecule has 3 N–H and O–H groups in total. The molecule has 1 rings (SSSR count). The van der Waals surface area contributed by atoms with Crippen LogP contribution in [0.2, 0.25) is 0 Å². The van der Waals surface area contributed by atoms with Crippen LogP contribution < -0.4 is 11.1 Å². The maximum absolute atomic E-state index is 12.0. The van der Waals surface area contributed by atoms with Gasteiger partial charge in [0.25, 0.3) is 0 Å². The van der Waals surface area contributed by atoms with Crippen molar-refractivity contribution in [1.82, 2.24) is 5.32 Å². The number of amides is 1. The summed E-state index contributed by atoms with van der Waals surface area (Å²) in [6, 6.07) is 0. The topological polar surface area (TPSA) is 89.3 Å². The van der Waals surface area contributed by atoms with Gasteiger partial charge in [-0.15, -0.1) is 0 Å². The molecule has 0 heterocycles. The van der Waals surface area contributed by atoms with Gasteiger partial charge < -0.3 is 11.1 Å². The minimum absolute atomic E-state index is 0.0423. The summed E-state index contributed by atoms with van der Waals surface area (Å²) in [6.07, 6.45) is 5.08. The van der Waals surface area contributed by atoms with Crippen molar-refractivity contribution < 1.29 is 13.2 Å². The lowest BCUT2D eigenvalue weighted by Crippen LogP contribution is -2.49. The summed E-state index contributed by atoms with van der Waals surface area (Å²) in [5.41, 5.74) is 5.70. The zero-order valence-electron chi connectivity index (χ0n) is 12.7. The molecule has 0 aromatic rings. The quantitative estimate of drug-likeness (QED) is 0.708. The average molecular weight is 304 g/mol. The number of nitrogens with one attached hydrogen (secondary N) is 1. The number of hydrogen-bond donors (Lipinski definition) is 2. The molecule has 0 aromatic heterocycles. The van der Waals surface area contributed by atoms with Crippen LogP contribution in [0.3, 0.4) is 0 Å². The number of carbonyl (C=O) groups is 1. The van der Waals surface area contributed by atoms with Gasteiger partial charge in [0, 0.05) is 18.5 Å². The predicted molar refractivity (Wildman–Crippen MR) is 81.2 cm³/mol. The highest BCUT2D eigenvalue weighted by molar-refractivity contribution is 7.92. The first-order valence-electron chi connectivity index (χ1n) is 7.60. The van der Waals surface area contributed by atoms with Crippen molar-refractivity contribution in [2.75, 3.05) is 12.3 Å². The fourth-order valence-electron chi connectivity index (χ4n) is 2.51. The van der Waals surface area contributed by atoms with Gasteiger partial charge in [0.15, 0.2) is 9.84 Å². The summed E-state index contributed by atoms with van der Waals surface area (Å²) in [4.78, 5) is 11.8. The van der Waals surface area contributed by atoms with Crippen LogP contribution in [-0.4, -0.2) is 37.4 Å². The summed E-state index contributed by atoms with van der Waals surface area (Å²) >= 11 is 0. The van der Waals surface area contributed by atoms with Crippen LogP contribution in [-0.2, 0) is 14.6 Å². The van der Waals surface area contributed by atoms with E-state index in [1.54, 1.807) is 0 Å². The highest BCUT2D eigenvalue weighted by atomic mass is 32.2. The van der Waals surface area contributed by atoms with Crippen molar-refractivity contribution in [2.24, 2.45) is 5.73 Å². The van der Waals surface area contributed by atoms with Crippen LogP contribution in [0.5, 0.6) is 0 Å². The van der Waals surface area contributed by atoms with Crippen molar-refractivity contribution >= 4 is 15.7 Å². The first-order valence-corrected chi connectivity index (χ1v) is 9.31. The molecule has 0 atom stereocenters. The summed E-state index contributed by atoms with van der Waals surface area (Å²) in [5.74, 6) is -0.262. The minimum Gasteiger partial charge on any atom is -0.354 e. The third-order valence-corrected chi connectivity index (χ3v) is 6.73. The van der Waals surface area contributed by atoms with Crippen molar-refractivity contribution in [2.45, 2.75) is 69.6 Å². The van der Waals surface area contributed by atoms with Crippen LogP contribution in [0, 0.1) is 0 Å². The predicted octanol–water partition coefficient (Wildman–Crippen LogP) is 1.37. The SMILES string of the molecule is CCC(N)(CC)CNC(=O)CCS(=O)(=O)C1CCCC1. The first-order chi connectivity index (χ1) is 9.33. The fourth-order valence-corrected chi connectivity index (χ4v) is 4.37. The number of carbonyl (C=O) groups excluding carboxylic acids is 1. The lowest BCUT2D eigenvalue weighted by atomic mass is 9.94. The second kappa shape index (κ2) is 7.41. The van der Waals surface area contributed by atoms with E-state index in [2.05, 4.69) is 5.32 Å². The van der Waals surface area contributed by atoms with Crippen molar-refractivity contribution in [3.63, 3.8) is 0 Å². The standard InChI is InChI=1S/C14H28N2O3S/c1-3-14(15,4-2)11-16-13(17)9-10-20(18,19)12-7-5-6-8-12/h12H,3-11,15H2,1-2H3,(H,16,17). The third kappa shape index (κ3) is 5.05. The second-order valence-corrected chi connectivity index (χ2v) is 8.27. The van der Waals surface area contributed by atoms with Crippen LogP contribution in [0.15, 0.2) is 0 Å². The molecule has 1 aliphatic carbocycles. The Morgan fingerprint density at radius 2 is 1.80 bits per heavy atom. The Bertz CT molecular complexity index is 410. The van der Waals surface area contributed by atoms with Gasteiger partial charge >= 0.3 is 0 Å². The Labute approximate surface area is 122 Å². The minimum atomic E-state index is -3.11. The Balaban J connectivity index is 2.36. The zero-order valence-corrected chi connectivity index (χ0v) is 13.5. The molecule has 0 unspecified atom stereocenters. The molecule has 0 bridgehead atoms. The van der Waals surface area contributed by atoms with E-state index in [0.717, 1.165) is 38.5 Å². The third-order valence-electron chi connectivity index (χ3n) is 4.47. The molecule has 1 amide bonds. The molecule has 1 aliphatic rings. The number of hydrogen-bond acceptors (Lipinski definition) is 4. The summed E-state index contributed by atoms with van der Waals surface area (Å²) < 4.78 is 24.1. The Hall–Kier alpha value is -0.620. The first kappa shape index (κ1) is 17.4. The Morgan fingerprint density at radius 1 is 1.25 bits per heavy atom. The van der Waals surface area contributed by atoms with Gasteiger partial charge in [0.1, 0.15) is 0 Å². The molecule has 1 saturated carbocycles. The molecule has 0 spiro atoms.